The van der Waals surface area contributed by atoms with E-state index in [0.29, 0.717) is 0 Å². The predicted molar refractivity (Wildman–Crippen MR) is 59.8 cm³/mol. The average molecular weight is 231 g/mol. The van der Waals surface area contributed by atoms with Crippen LogP contribution in [0.1, 0.15) is 34.6 Å². The largest absolute Gasteiger partial charge is 0.480 e. The first-order valence-corrected chi connectivity index (χ1v) is 5.27. The first-order chi connectivity index (χ1) is 7.06. The lowest BCUT2D eigenvalue weighted by atomic mass is 9.89. The maximum atomic E-state index is 11.8. The molecule has 0 amide bonds. The van der Waals surface area contributed by atoms with Gasteiger partial charge in [0.25, 0.3) is 0 Å². The summed E-state index contributed by atoms with van der Waals surface area (Å²) in [6.45, 7) is 8.69. The van der Waals surface area contributed by atoms with E-state index in [-0.39, 0.29) is 5.92 Å². The summed E-state index contributed by atoms with van der Waals surface area (Å²) >= 11 is 0. The van der Waals surface area contributed by atoms with Crippen LogP contribution in [0, 0.1) is 11.8 Å². The van der Waals surface area contributed by atoms with Crippen LogP contribution in [-0.2, 0) is 14.3 Å². The Morgan fingerprint density at radius 3 is 1.94 bits per heavy atom. The van der Waals surface area contributed by atoms with Crippen molar-refractivity contribution in [3.8, 4) is 0 Å². The summed E-state index contributed by atoms with van der Waals surface area (Å²) in [5, 5.41) is 8.82. The van der Waals surface area contributed by atoms with Crippen molar-refractivity contribution in [2.75, 3.05) is 0 Å². The summed E-state index contributed by atoms with van der Waals surface area (Å²) in [6, 6.07) is -1.23. The fraction of sp³-hybridized carbons (Fsp3) is 0.818. The van der Waals surface area contributed by atoms with Crippen LogP contribution in [0.15, 0.2) is 0 Å². The predicted octanol–water partition coefficient (Wildman–Crippen LogP) is 1.01. The summed E-state index contributed by atoms with van der Waals surface area (Å²) in [5.41, 5.74) is 4.84. The lowest BCUT2D eigenvalue weighted by Crippen LogP contribution is -2.46. The zero-order valence-electron chi connectivity index (χ0n) is 10.5. The Balaban J connectivity index is 4.80. The smallest absolute Gasteiger partial charge is 0.321 e. The monoisotopic (exact) mass is 231 g/mol. The van der Waals surface area contributed by atoms with E-state index in [0.717, 1.165) is 0 Å². The summed E-state index contributed by atoms with van der Waals surface area (Å²) in [7, 11) is 0. The molecule has 0 bridgehead atoms. The minimum Gasteiger partial charge on any atom is -0.480 e. The number of esters is 1. The third-order valence-corrected chi connectivity index (χ3v) is 2.07. The van der Waals surface area contributed by atoms with Gasteiger partial charge in [0.1, 0.15) is 11.6 Å². The van der Waals surface area contributed by atoms with Crippen molar-refractivity contribution in [1.29, 1.82) is 0 Å². The first-order valence-electron chi connectivity index (χ1n) is 5.27. The van der Waals surface area contributed by atoms with Gasteiger partial charge in [-0.05, 0) is 26.7 Å². The molecular weight excluding hydrogens is 210 g/mol. The molecule has 5 heteroatoms. The van der Waals surface area contributed by atoms with Gasteiger partial charge in [-0.15, -0.1) is 0 Å². The van der Waals surface area contributed by atoms with Crippen molar-refractivity contribution in [2.45, 2.75) is 46.3 Å². The van der Waals surface area contributed by atoms with Crippen LogP contribution < -0.4 is 5.73 Å². The molecule has 0 aromatic rings. The molecule has 0 aliphatic carbocycles. The molecule has 0 heterocycles. The number of carbonyl (C=O) groups is 2. The minimum atomic E-state index is -1.23. The van der Waals surface area contributed by atoms with Crippen LogP contribution in [0.25, 0.3) is 0 Å². The number of nitrogens with two attached hydrogens (primary N) is 1. The molecule has 16 heavy (non-hydrogen) atoms. The van der Waals surface area contributed by atoms with Crippen molar-refractivity contribution in [3.63, 3.8) is 0 Å². The van der Waals surface area contributed by atoms with Gasteiger partial charge >= 0.3 is 11.9 Å². The normalized spacial score (nSPS) is 15.7. The van der Waals surface area contributed by atoms with Crippen molar-refractivity contribution >= 4 is 11.9 Å². The van der Waals surface area contributed by atoms with E-state index in [1.54, 1.807) is 34.6 Å². The topological polar surface area (TPSA) is 89.6 Å². The maximum absolute atomic E-state index is 11.8. The number of ether oxygens (including phenoxy) is 1. The molecule has 94 valence electrons. The van der Waals surface area contributed by atoms with E-state index in [2.05, 4.69) is 0 Å². The molecule has 2 unspecified atom stereocenters. The molecule has 5 nitrogen and oxygen atoms in total. The molecular formula is C11H21NO4. The molecule has 0 radical (unpaired) electrons. The third kappa shape index (κ3) is 4.61. The van der Waals surface area contributed by atoms with Gasteiger partial charge in [0.05, 0.1) is 5.92 Å². The zero-order chi connectivity index (χ0) is 13.1. The van der Waals surface area contributed by atoms with Crippen molar-refractivity contribution in [1.82, 2.24) is 0 Å². The fourth-order valence-corrected chi connectivity index (χ4v) is 1.36. The van der Waals surface area contributed by atoms with Gasteiger partial charge in [0.15, 0.2) is 0 Å². The number of hydrogen-bond donors (Lipinski definition) is 2. The quantitative estimate of drug-likeness (QED) is 0.705. The molecule has 2 atom stereocenters. The average Bonchev–Trinajstić information content (AvgIpc) is 1.99. The van der Waals surface area contributed by atoms with Crippen molar-refractivity contribution in [2.24, 2.45) is 17.6 Å². The highest BCUT2D eigenvalue weighted by atomic mass is 16.6. The van der Waals surface area contributed by atoms with E-state index in [9.17, 15) is 9.59 Å². The van der Waals surface area contributed by atoms with Crippen molar-refractivity contribution in [3.05, 3.63) is 0 Å². The van der Waals surface area contributed by atoms with Gasteiger partial charge in [0, 0.05) is 0 Å². The second kappa shape index (κ2) is 5.30. The number of aliphatic carboxylic acids is 1. The van der Waals surface area contributed by atoms with Crippen LogP contribution in [0.3, 0.4) is 0 Å². The second-order valence-electron chi connectivity index (χ2n) is 5.17. The Hall–Kier alpha value is -1.10. The molecule has 0 fully saturated rings. The van der Waals surface area contributed by atoms with Crippen LogP contribution in [0.4, 0.5) is 0 Å². The lowest BCUT2D eigenvalue weighted by Gasteiger charge is -2.27. The molecule has 0 aliphatic heterocycles. The Kier molecular flexibility index (Phi) is 4.93. The van der Waals surface area contributed by atoms with E-state index < -0.39 is 29.5 Å². The number of carboxylic acids is 1. The standard InChI is InChI=1S/C11H21NO4/c1-6(2)7(8(12)9(13)14)10(15)16-11(3,4)5/h6-8H,12H2,1-5H3,(H,13,14). The van der Waals surface area contributed by atoms with Crippen molar-refractivity contribution < 1.29 is 19.4 Å². The Morgan fingerprint density at radius 2 is 1.69 bits per heavy atom. The Morgan fingerprint density at radius 1 is 1.25 bits per heavy atom. The summed E-state index contributed by atoms with van der Waals surface area (Å²) < 4.78 is 5.15. The van der Waals surface area contributed by atoms with E-state index in [4.69, 9.17) is 15.6 Å². The van der Waals surface area contributed by atoms with E-state index in [1.807, 2.05) is 0 Å². The van der Waals surface area contributed by atoms with Gasteiger partial charge in [-0.2, -0.15) is 0 Å². The minimum absolute atomic E-state index is 0.180. The molecule has 0 rings (SSSR count). The van der Waals surface area contributed by atoms with Crippen LogP contribution in [0.5, 0.6) is 0 Å². The third-order valence-electron chi connectivity index (χ3n) is 2.07. The zero-order valence-corrected chi connectivity index (χ0v) is 10.5. The van der Waals surface area contributed by atoms with Crippen LogP contribution in [0.2, 0.25) is 0 Å². The van der Waals surface area contributed by atoms with Gasteiger partial charge < -0.3 is 15.6 Å². The molecule has 0 aromatic heterocycles. The highest BCUT2D eigenvalue weighted by molar-refractivity contribution is 5.83. The molecule has 3 N–H and O–H groups in total. The van der Waals surface area contributed by atoms with Gasteiger partial charge in [-0.1, -0.05) is 13.8 Å². The summed E-state index contributed by atoms with van der Waals surface area (Å²) in [4.78, 5) is 22.6. The molecule has 0 aliphatic rings. The SMILES string of the molecule is CC(C)C(C(=O)OC(C)(C)C)C(N)C(=O)O. The van der Waals surface area contributed by atoms with E-state index >= 15 is 0 Å². The Bertz CT molecular complexity index is 268. The van der Waals surface area contributed by atoms with Gasteiger partial charge in [0.2, 0.25) is 0 Å². The van der Waals surface area contributed by atoms with Gasteiger partial charge in [-0.3, -0.25) is 9.59 Å². The summed E-state index contributed by atoms with van der Waals surface area (Å²) in [6.07, 6.45) is 0. The number of rotatable bonds is 4. The highest BCUT2D eigenvalue weighted by Crippen LogP contribution is 2.20. The maximum Gasteiger partial charge on any atom is 0.321 e. The first kappa shape index (κ1) is 14.9. The molecule has 0 spiro atoms. The highest BCUT2D eigenvalue weighted by Gasteiger charge is 2.36. The van der Waals surface area contributed by atoms with E-state index in [1.165, 1.54) is 0 Å². The van der Waals surface area contributed by atoms with Crippen LogP contribution in [-0.4, -0.2) is 28.7 Å². The van der Waals surface area contributed by atoms with Gasteiger partial charge in [-0.25, -0.2) is 0 Å². The summed E-state index contributed by atoms with van der Waals surface area (Å²) in [5.74, 6) is -2.75. The molecule has 0 saturated heterocycles. The Labute approximate surface area is 96.0 Å². The number of hydrogen-bond acceptors (Lipinski definition) is 4. The lowest BCUT2D eigenvalue weighted by molar-refractivity contribution is -0.165. The molecule has 0 saturated carbocycles. The second-order valence-corrected chi connectivity index (χ2v) is 5.17. The van der Waals surface area contributed by atoms with Crippen LogP contribution >= 0.6 is 0 Å². The molecule has 0 aromatic carbocycles. The number of carbonyl (C=O) groups excluding carboxylic acids is 1. The number of carboxylic acid groups (broad SMARTS) is 1. The fourth-order valence-electron chi connectivity index (χ4n) is 1.36.